The summed E-state index contributed by atoms with van der Waals surface area (Å²) in [5.41, 5.74) is 0.217. The Hall–Kier alpha value is -0.160. The van der Waals surface area contributed by atoms with E-state index in [9.17, 15) is 0 Å². The van der Waals surface area contributed by atoms with Gasteiger partial charge in [-0.3, -0.25) is 0 Å². The average molecular weight is 168 g/mol. The Balaban J connectivity index is -0.000000320. The minimum atomic E-state index is 0. The maximum Gasteiger partial charge on any atom is 0.0697 e. The van der Waals surface area contributed by atoms with Gasteiger partial charge in [-0.1, -0.05) is 20.8 Å². The monoisotopic (exact) mass is 168 g/mol. The Morgan fingerprint density at radius 1 is 1.18 bits per heavy atom. The fourth-order valence-electron chi connectivity index (χ4n) is 0.443. The molecule has 0 fully saturated rings. The van der Waals surface area contributed by atoms with Crippen LogP contribution in [-0.4, -0.2) is 35.9 Å². The van der Waals surface area contributed by atoms with Crippen LogP contribution in [0, 0.1) is 5.41 Å². The lowest BCUT2D eigenvalue weighted by Gasteiger charge is -2.17. The van der Waals surface area contributed by atoms with Crippen molar-refractivity contribution >= 4 is 0 Å². The summed E-state index contributed by atoms with van der Waals surface area (Å²) in [4.78, 5) is 0. The van der Waals surface area contributed by atoms with Crippen LogP contribution in [0.5, 0.6) is 0 Å². The summed E-state index contributed by atoms with van der Waals surface area (Å²) in [6, 6.07) is 0. The predicted octanol–water partition coefficient (Wildman–Crippen LogP) is -0.608. The largest absolute Gasteiger partial charge is 0.412 e. The Bertz CT molecular complexity index is 67.3. The van der Waals surface area contributed by atoms with Gasteiger partial charge < -0.3 is 20.8 Å². The Morgan fingerprint density at radius 2 is 1.64 bits per heavy atom. The number of rotatable bonds is 3. The molecule has 0 unspecified atom stereocenters. The molecule has 0 aromatic heterocycles. The summed E-state index contributed by atoms with van der Waals surface area (Å²) >= 11 is 0. The van der Waals surface area contributed by atoms with Crippen LogP contribution >= 0.6 is 0 Å². The van der Waals surface area contributed by atoms with Crippen LogP contribution in [0.25, 0.3) is 0 Å². The lowest BCUT2D eigenvalue weighted by Crippen LogP contribution is -2.15. The molecule has 0 saturated carbocycles. The smallest absolute Gasteiger partial charge is 0.0697 e. The van der Waals surface area contributed by atoms with E-state index in [-0.39, 0.29) is 23.0 Å². The molecular weight excluding hydrogens is 148 g/mol. The van der Waals surface area contributed by atoms with E-state index in [0.29, 0.717) is 13.2 Å². The Kier molecular flexibility index (Phi) is 12.3. The number of aliphatic hydroxyl groups excluding tert-OH is 1. The molecule has 4 heteroatoms. The zero-order chi connectivity index (χ0) is 7.33. The van der Waals surface area contributed by atoms with E-state index in [1.165, 1.54) is 0 Å². The molecule has 72 valence electrons. The number of aliphatic hydroxyl groups is 1. The molecule has 0 saturated heterocycles. The highest BCUT2D eigenvalue weighted by atomic mass is 16.5. The molecule has 0 aromatic rings. The molecular formula is C7H20O4. The molecule has 0 aliphatic heterocycles. The van der Waals surface area contributed by atoms with Crippen LogP contribution in [0.3, 0.4) is 0 Å². The fraction of sp³-hybridized carbons (Fsp3) is 1.00. The van der Waals surface area contributed by atoms with E-state index in [1.807, 2.05) is 0 Å². The van der Waals surface area contributed by atoms with Gasteiger partial charge in [0.2, 0.25) is 0 Å². The van der Waals surface area contributed by atoms with Crippen molar-refractivity contribution in [3.8, 4) is 0 Å². The zero-order valence-corrected chi connectivity index (χ0v) is 7.48. The molecule has 5 N–H and O–H groups in total. The second kappa shape index (κ2) is 7.94. The third-order valence-electron chi connectivity index (χ3n) is 0.771. The summed E-state index contributed by atoms with van der Waals surface area (Å²) in [7, 11) is 0. The molecule has 0 rings (SSSR count). The number of hydrogen-bond donors (Lipinski definition) is 1. The van der Waals surface area contributed by atoms with E-state index in [1.54, 1.807) is 0 Å². The van der Waals surface area contributed by atoms with Crippen LogP contribution in [-0.2, 0) is 4.74 Å². The molecule has 0 aromatic carbocycles. The molecule has 0 heterocycles. The van der Waals surface area contributed by atoms with E-state index < -0.39 is 0 Å². The first kappa shape index (κ1) is 17.1. The third-order valence-corrected chi connectivity index (χ3v) is 0.771. The summed E-state index contributed by atoms with van der Waals surface area (Å²) in [6.45, 7) is 7.60. The quantitative estimate of drug-likeness (QED) is 0.569. The van der Waals surface area contributed by atoms with Gasteiger partial charge in [0.25, 0.3) is 0 Å². The second-order valence-corrected chi connectivity index (χ2v) is 3.34. The summed E-state index contributed by atoms with van der Waals surface area (Å²) in [5.74, 6) is 0. The zero-order valence-electron chi connectivity index (χ0n) is 7.48. The van der Waals surface area contributed by atoms with Crippen molar-refractivity contribution in [1.29, 1.82) is 0 Å². The number of ether oxygens (including phenoxy) is 1. The highest BCUT2D eigenvalue weighted by Gasteiger charge is 2.08. The molecule has 0 atom stereocenters. The van der Waals surface area contributed by atoms with Gasteiger partial charge in [0.05, 0.1) is 19.8 Å². The van der Waals surface area contributed by atoms with Crippen LogP contribution < -0.4 is 0 Å². The fourth-order valence-corrected chi connectivity index (χ4v) is 0.443. The van der Waals surface area contributed by atoms with Crippen LogP contribution in [0.2, 0.25) is 0 Å². The van der Waals surface area contributed by atoms with Crippen molar-refractivity contribution in [2.45, 2.75) is 20.8 Å². The highest BCUT2D eigenvalue weighted by molar-refractivity contribution is 4.58. The highest BCUT2D eigenvalue weighted by Crippen LogP contribution is 2.12. The lowest BCUT2D eigenvalue weighted by molar-refractivity contribution is 0.0464. The Morgan fingerprint density at radius 3 is 1.91 bits per heavy atom. The molecule has 0 amide bonds. The Labute approximate surface area is 67.8 Å². The maximum atomic E-state index is 8.34. The normalized spacial score (nSPS) is 9.82. The van der Waals surface area contributed by atoms with Crippen LogP contribution in [0.15, 0.2) is 0 Å². The molecule has 0 aliphatic carbocycles. The van der Waals surface area contributed by atoms with Gasteiger partial charge in [-0.15, -0.1) is 0 Å². The van der Waals surface area contributed by atoms with Crippen molar-refractivity contribution in [2.24, 2.45) is 5.41 Å². The van der Waals surface area contributed by atoms with Crippen molar-refractivity contribution in [3.63, 3.8) is 0 Å². The minimum Gasteiger partial charge on any atom is -0.412 e. The molecule has 0 bridgehead atoms. The van der Waals surface area contributed by atoms with E-state index in [0.717, 1.165) is 0 Å². The van der Waals surface area contributed by atoms with Crippen molar-refractivity contribution < 1.29 is 20.8 Å². The first-order valence-electron chi connectivity index (χ1n) is 3.25. The average Bonchev–Trinajstić information content (AvgIpc) is 1.63. The molecule has 0 radical (unpaired) electrons. The summed E-state index contributed by atoms with van der Waals surface area (Å²) in [6.07, 6.45) is 0. The van der Waals surface area contributed by atoms with E-state index in [4.69, 9.17) is 9.84 Å². The van der Waals surface area contributed by atoms with Gasteiger partial charge >= 0.3 is 0 Å². The molecule has 4 nitrogen and oxygen atoms in total. The first-order chi connectivity index (χ1) is 4.06. The van der Waals surface area contributed by atoms with Crippen molar-refractivity contribution in [2.75, 3.05) is 19.8 Å². The SMILES string of the molecule is CC(C)(C)COCCO.O.O. The van der Waals surface area contributed by atoms with Crippen LogP contribution in [0.4, 0.5) is 0 Å². The van der Waals surface area contributed by atoms with Gasteiger partial charge in [0.15, 0.2) is 0 Å². The minimum absolute atomic E-state index is 0. The molecule has 0 spiro atoms. The standard InChI is InChI=1S/C7H16O2.2H2O/c1-7(2,3)6-9-5-4-8;;/h8H,4-6H2,1-3H3;2*1H2. The van der Waals surface area contributed by atoms with E-state index >= 15 is 0 Å². The van der Waals surface area contributed by atoms with Gasteiger partial charge in [0.1, 0.15) is 0 Å². The van der Waals surface area contributed by atoms with Gasteiger partial charge in [-0.25, -0.2) is 0 Å². The van der Waals surface area contributed by atoms with Gasteiger partial charge in [-0.05, 0) is 5.41 Å². The van der Waals surface area contributed by atoms with E-state index in [2.05, 4.69) is 20.8 Å². The lowest BCUT2D eigenvalue weighted by atomic mass is 9.99. The first-order valence-corrected chi connectivity index (χ1v) is 3.25. The second-order valence-electron chi connectivity index (χ2n) is 3.34. The summed E-state index contributed by atoms with van der Waals surface area (Å²) in [5, 5.41) is 8.34. The topological polar surface area (TPSA) is 92.5 Å². The van der Waals surface area contributed by atoms with Crippen molar-refractivity contribution in [3.05, 3.63) is 0 Å². The maximum absolute atomic E-state index is 8.34. The summed E-state index contributed by atoms with van der Waals surface area (Å²) < 4.78 is 5.10. The third kappa shape index (κ3) is 17.7. The predicted molar refractivity (Wildman–Crippen MR) is 44.6 cm³/mol. The van der Waals surface area contributed by atoms with Gasteiger partial charge in [0, 0.05) is 0 Å². The van der Waals surface area contributed by atoms with Crippen molar-refractivity contribution in [1.82, 2.24) is 0 Å². The molecule has 0 aliphatic rings. The van der Waals surface area contributed by atoms with Crippen LogP contribution in [0.1, 0.15) is 20.8 Å². The molecule has 11 heavy (non-hydrogen) atoms. The van der Waals surface area contributed by atoms with Gasteiger partial charge in [-0.2, -0.15) is 0 Å². The number of hydrogen-bond acceptors (Lipinski definition) is 2.